The van der Waals surface area contributed by atoms with Crippen LogP contribution in [-0.4, -0.2) is 0 Å². The summed E-state index contributed by atoms with van der Waals surface area (Å²) in [5.41, 5.74) is 0. The summed E-state index contributed by atoms with van der Waals surface area (Å²) in [7, 11) is 0. The summed E-state index contributed by atoms with van der Waals surface area (Å²) in [5.74, 6) is 0.917. The van der Waals surface area contributed by atoms with Gasteiger partial charge in [-0.05, 0) is 44.4 Å². The quantitative estimate of drug-likeness (QED) is 0.0828. The van der Waals surface area contributed by atoms with Crippen molar-refractivity contribution >= 4 is 0 Å². The van der Waals surface area contributed by atoms with E-state index < -0.39 is 0 Å². The highest BCUT2D eigenvalue weighted by molar-refractivity contribution is 5.11. The molecule has 1 atom stereocenters. The molecule has 1 unspecified atom stereocenters. The Balaban J connectivity index is 3.38. The van der Waals surface area contributed by atoms with Crippen LogP contribution < -0.4 is 0 Å². The van der Waals surface area contributed by atoms with Gasteiger partial charge < -0.3 is 0 Å². The molecule has 0 rings (SSSR count). The van der Waals surface area contributed by atoms with E-state index >= 15 is 0 Å². The van der Waals surface area contributed by atoms with Gasteiger partial charge in [-0.25, -0.2) is 0 Å². The van der Waals surface area contributed by atoms with Gasteiger partial charge in [0.25, 0.3) is 0 Å². The second-order valence-corrected chi connectivity index (χ2v) is 10.6. The monoisotopic (exact) mass is 494 g/mol. The molecule has 0 aliphatic heterocycles. The van der Waals surface area contributed by atoms with Gasteiger partial charge in [0.2, 0.25) is 0 Å². The smallest absolute Gasteiger partial charge is 0.0348 e. The Hall–Kier alpha value is -1.56. The third kappa shape index (κ3) is 30.5. The SMILES string of the molecule is CCCCC=CC=CC=CCCCCCCCCC(C)CCCCCCC=CC=CC=CCCCC. The predicted molar refractivity (Wildman–Crippen MR) is 168 cm³/mol. The average Bonchev–Trinajstić information content (AvgIpc) is 2.88. The minimum absolute atomic E-state index is 0.917. The van der Waals surface area contributed by atoms with E-state index in [1.54, 1.807) is 0 Å². The molecule has 0 heteroatoms. The number of hydrogen-bond acceptors (Lipinski definition) is 0. The van der Waals surface area contributed by atoms with Crippen molar-refractivity contribution in [3.63, 3.8) is 0 Å². The molecule has 0 spiro atoms. The van der Waals surface area contributed by atoms with Crippen LogP contribution in [-0.2, 0) is 0 Å². The first-order valence-electron chi connectivity index (χ1n) is 15.8. The fourth-order valence-corrected chi connectivity index (χ4v) is 4.31. The lowest BCUT2D eigenvalue weighted by Crippen LogP contribution is -1.95. The van der Waals surface area contributed by atoms with Crippen LogP contribution in [0.4, 0.5) is 0 Å². The zero-order valence-corrected chi connectivity index (χ0v) is 24.6. The van der Waals surface area contributed by atoms with Gasteiger partial charge in [-0.2, -0.15) is 0 Å². The summed E-state index contributed by atoms with van der Waals surface area (Å²) in [6, 6.07) is 0. The molecule has 0 amide bonds. The molecule has 0 saturated heterocycles. The Kier molecular flexibility index (Phi) is 30.1. The van der Waals surface area contributed by atoms with Crippen molar-refractivity contribution < 1.29 is 0 Å². The van der Waals surface area contributed by atoms with Gasteiger partial charge in [0, 0.05) is 0 Å². The molecule has 0 saturated carbocycles. The Morgan fingerprint density at radius 3 is 1.03 bits per heavy atom. The molecule has 0 nitrogen and oxygen atoms in total. The van der Waals surface area contributed by atoms with Crippen LogP contribution in [0.3, 0.4) is 0 Å². The van der Waals surface area contributed by atoms with Crippen molar-refractivity contribution in [3.8, 4) is 0 Å². The Morgan fingerprint density at radius 2 is 0.667 bits per heavy atom. The average molecular weight is 495 g/mol. The largest absolute Gasteiger partial charge is 0.0845 e. The molecule has 0 bridgehead atoms. The fraction of sp³-hybridized carbons (Fsp3) is 0.667. The number of rotatable bonds is 26. The molecule has 0 N–H and O–H groups in total. The maximum absolute atomic E-state index is 2.47. The van der Waals surface area contributed by atoms with Crippen LogP contribution in [0.1, 0.15) is 149 Å². The lowest BCUT2D eigenvalue weighted by molar-refractivity contribution is 0.433. The first kappa shape index (κ1) is 34.4. The topological polar surface area (TPSA) is 0 Å². The molecule has 0 aromatic heterocycles. The Morgan fingerprint density at radius 1 is 0.361 bits per heavy atom. The summed E-state index contributed by atoms with van der Waals surface area (Å²) in [6.07, 6.45) is 53.5. The molecule has 0 heterocycles. The first-order valence-corrected chi connectivity index (χ1v) is 15.8. The van der Waals surface area contributed by atoms with Crippen LogP contribution in [0.15, 0.2) is 72.9 Å². The third-order valence-electron chi connectivity index (χ3n) is 6.80. The van der Waals surface area contributed by atoms with Crippen molar-refractivity contribution in [2.45, 2.75) is 149 Å². The van der Waals surface area contributed by atoms with Crippen LogP contribution in [0.5, 0.6) is 0 Å². The van der Waals surface area contributed by atoms with Crippen molar-refractivity contribution in [2.24, 2.45) is 5.92 Å². The van der Waals surface area contributed by atoms with Gasteiger partial charge in [0.1, 0.15) is 0 Å². The molecule has 0 aromatic rings. The maximum atomic E-state index is 2.47. The normalized spacial score (nSPS) is 13.8. The van der Waals surface area contributed by atoms with Gasteiger partial charge in [-0.15, -0.1) is 0 Å². The molecular formula is C36H62. The van der Waals surface area contributed by atoms with Gasteiger partial charge in [0.15, 0.2) is 0 Å². The minimum atomic E-state index is 0.917. The molecule has 0 radical (unpaired) electrons. The molecular weight excluding hydrogens is 432 g/mol. The van der Waals surface area contributed by atoms with Crippen LogP contribution in [0.2, 0.25) is 0 Å². The third-order valence-corrected chi connectivity index (χ3v) is 6.80. The van der Waals surface area contributed by atoms with E-state index in [1.807, 2.05) is 0 Å². The highest BCUT2D eigenvalue weighted by atomic mass is 14.1. The van der Waals surface area contributed by atoms with Crippen molar-refractivity contribution in [1.29, 1.82) is 0 Å². The summed E-state index contributed by atoms with van der Waals surface area (Å²) in [6.45, 7) is 6.95. The van der Waals surface area contributed by atoms with E-state index in [0.717, 1.165) is 5.92 Å². The Labute approximate surface area is 227 Å². The van der Waals surface area contributed by atoms with Gasteiger partial charge >= 0.3 is 0 Å². The van der Waals surface area contributed by atoms with Crippen molar-refractivity contribution in [1.82, 2.24) is 0 Å². The maximum Gasteiger partial charge on any atom is -0.0348 e. The molecule has 0 aliphatic carbocycles. The van der Waals surface area contributed by atoms with Crippen LogP contribution in [0, 0.1) is 5.92 Å². The standard InChI is InChI=1S/C36H62/c1-4-6-8-10-12-14-16-18-20-21-23-25-27-29-31-33-35-36(3)34-32-30-28-26-24-22-19-17-15-13-11-9-7-5-2/h10-20,22,36H,4-9,21,23-35H2,1-3H3. The highest BCUT2D eigenvalue weighted by Crippen LogP contribution is 2.18. The summed E-state index contributed by atoms with van der Waals surface area (Å²) in [4.78, 5) is 0. The minimum Gasteiger partial charge on any atom is -0.0845 e. The number of unbranched alkanes of at least 4 members (excludes halogenated alkanes) is 14. The van der Waals surface area contributed by atoms with E-state index in [4.69, 9.17) is 0 Å². The molecule has 0 aliphatic rings. The van der Waals surface area contributed by atoms with Crippen LogP contribution in [0.25, 0.3) is 0 Å². The highest BCUT2D eigenvalue weighted by Gasteiger charge is 2.02. The van der Waals surface area contributed by atoms with Crippen LogP contribution >= 0.6 is 0 Å². The van der Waals surface area contributed by atoms with Gasteiger partial charge in [-0.1, -0.05) is 184 Å². The van der Waals surface area contributed by atoms with E-state index in [1.165, 1.54) is 128 Å². The second kappa shape index (κ2) is 31.5. The zero-order chi connectivity index (χ0) is 26.2. The van der Waals surface area contributed by atoms with E-state index in [9.17, 15) is 0 Å². The van der Waals surface area contributed by atoms with Gasteiger partial charge in [-0.3, -0.25) is 0 Å². The molecule has 0 aromatic carbocycles. The summed E-state index contributed by atoms with van der Waals surface area (Å²) < 4.78 is 0. The number of allylic oxidation sites excluding steroid dienone is 12. The van der Waals surface area contributed by atoms with E-state index in [0.29, 0.717) is 0 Å². The Bertz CT molecular complexity index is 583. The molecule has 206 valence electrons. The molecule has 36 heavy (non-hydrogen) atoms. The summed E-state index contributed by atoms with van der Waals surface area (Å²) >= 11 is 0. The van der Waals surface area contributed by atoms with Gasteiger partial charge in [0.05, 0.1) is 0 Å². The second-order valence-electron chi connectivity index (χ2n) is 10.6. The van der Waals surface area contributed by atoms with E-state index in [-0.39, 0.29) is 0 Å². The first-order chi connectivity index (χ1) is 17.8. The van der Waals surface area contributed by atoms with Crippen molar-refractivity contribution in [2.75, 3.05) is 0 Å². The number of hydrogen-bond donors (Lipinski definition) is 0. The lowest BCUT2D eigenvalue weighted by atomic mass is 9.96. The predicted octanol–water partition coefficient (Wildman–Crippen LogP) is 12.8. The molecule has 0 fully saturated rings. The summed E-state index contributed by atoms with van der Waals surface area (Å²) in [5, 5.41) is 0. The lowest BCUT2D eigenvalue weighted by Gasteiger charge is -2.11. The van der Waals surface area contributed by atoms with Crippen molar-refractivity contribution in [3.05, 3.63) is 72.9 Å². The van der Waals surface area contributed by atoms with E-state index in [2.05, 4.69) is 93.7 Å². The zero-order valence-electron chi connectivity index (χ0n) is 24.6. The fourth-order valence-electron chi connectivity index (χ4n) is 4.31.